The van der Waals surface area contributed by atoms with Crippen molar-refractivity contribution in [3.63, 3.8) is 0 Å². The Morgan fingerprint density at radius 1 is 1.40 bits per heavy atom. The van der Waals surface area contributed by atoms with Crippen molar-refractivity contribution in [2.75, 3.05) is 20.8 Å². The maximum Gasteiger partial charge on any atom is 0.0807 e. The first-order valence-corrected chi connectivity index (χ1v) is 3.88. The molecule has 1 rings (SSSR count). The van der Waals surface area contributed by atoms with E-state index in [2.05, 4.69) is 0 Å². The molecule has 0 aromatic carbocycles. The van der Waals surface area contributed by atoms with Crippen LogP contribution in [0.2, 0.25) is 0 Å². The molecule has 0 aliphatic heterocycles. The zero-order chi connectivity index (χ0) is 7.40. The van der Waals surface area contributed by atoms with E-state index in [1.165, 1.54) is 19.3 Å². The Hall–Kier alpha value is -0.0800. The Bertz CT molecular complexity index is 89.3. The van der Waals surface area contributed by atoms with Crippen LogP contribution in [0, 0.1) is 5.92 Å². The van der Waals surface area contributed by atoms with Crippen molar-refractivity contribution >= 4 is 0 Å². The molecule has 0 aromatic heterocycles. The molecule has 1 aliphatic carbocycles. The predicted octanol–water partition coefficient (Wildman–Crippen LogP) is 1.45. The topological polar surface area (TPSA) is 18.5 Å². The molecule has 2 heteroatoms. The lowest BCUT2D eigenvalue weighted by Crippen LogP contribution is -2.17. The van der Waals surface area contributed by atoms with E-state index in [9.17, 15) is 0 Å². The van der Waals surface area contributed by atoms with Gasteiger partial charge in [-0.2, -0.15) is 0 Å². The van der Waals surface area contributed by atoms with Crippen molar-refractivity contribution in [1.82, 2.24) is 0 Å². The van der Waals surface area contributed by atoms with Crippen LogP contribution in [0.3, 0.4) is 0 Å². The minimum Gasteiger partial charge on any atom is -0.382 e. The summed E-state index contributed by atoms with van der Waals surface area (Å²) < 4.78 is 10.2. The van der Waals surface area contributed by atoms with Gasteiger partial charge in [-0.25, -0.2) is 0 Å². The number of hydrogen-bond donors (Lipinski definition) is 0. The molecular formula is C8H16O2. The number of hydrogen-bond acceptors (Lipinski definition) is 2. The summed E-state index contributed by atoms with van der Waals surface area (Å²) >= 11 is 0. The van der Waals surface area contributed by atoms with Crippen molar-refractivity contribution in [2.45, 2.75) is 25.4 Å². The lowest BCUT2D eigenvalue weighted by Gasteiger charge is -2.12. The monoisotopic (exact) mass is 144 g/mol. The van der Waals surface area contributed by atoms with Gasteiger partial charge in [0.2, 0.25) is 0 Å². The Labute approximate surface area is 62.5 Å². The molecule has 1 fully saturated rings. The first-order valence-electron chi connectivity index (χ1n) is 3.88. The summed E-state index contributed by atoms with van der Waals surface area (Å²) in [6.45, 7) is 0.743. The average Bonchev–Trinajstić information content (AvgIpc) is 2.71. The minimum absolute atomic E-state index is 0.331. The van der Waals surface area contributed by atoms with E-state index >= 15 is 0 Å². The molecule has 0 aromatic rings. The fraction of sp³-hybridized carbons (Fsp3) is 1.00. The second-order valence-corrected chi connectivity index (χ2v) is 2.99. The van der Waals surface area contributed by atoms with E-state index in [1.54, 1.807) is 14.2 Å². The lowest BCUT2D eigenvalue weighted by molar-refractivity contribution is 0.0203. The summed E-state index contributed by atoms with van der Waals surface area (Å²) in [5.74, 6) is 0.931. The molecule has 0 bridgehead atoms. The highest BCUT2D eigenvalue weighted by Gasteiger charge is 2.25. The van der Waals surface area contributed by atoms with Crippen LogP contribution in [0.25, 0.3) is 0 Å². The zero-order valence-corrected chi connectivity index (χ0v) is 6.80. The third-order valence-corrected chi connectivity index (χ3v) is 1.98. The predicted molar refractivity (Wildman–Crippen MR) is 40.0 cm³/mol. The van der Waals surface area contributed by atoms with Crippen LogP contribution < -0.4 is 0 Å². The highest BCUT2D eigenvalue weighted by atomic mass is 16.5. The highest BCUT2D eigenvalue weighted by Crippen LogP contribution is 2.34. The molecule has 0 amide bonds. The quantitative estimate of drug-likeness (QED) is 0.581. The SMILES string of the molecule is COC[C@@H](CC1CC1)OC. The zero-order valence-electron chi connectivity index (χ0n) is 6.80. The molecule has 60 valence electrons. The molecule has 1 saturated carbocycles. The minimum atomic E-state index is 0.331. The summed E-state index contributed by atoms with van der Waals surface area (Å²) in [5.41, 5.74) is 0. The number of ether oxygens (including phenoxy) is 2. The Kier molecular flexibility index (Phi) is 3.16. The Morgan fingerprint density at radius 2 is 2.10 bits per heavy atom. The summed E-state index contributed by atoms with van der Waals surface area (Å²) in [7, 11) is 3.48. The van der Waals surface area contributed by atoms with Gasteiger partial charge in [0, 0.05) is 14.2 Å². The molecule has 0 unspecified atom stereocenters. The molecule has 2 nitrogen and oxygen atoms in total. The maximum atomic E-state index is 5.22. The van der Waals surface area contributed by atoms with Crippen molar-refractivity contribution in [3.05, 3.63) is 0 Å². The van der Waals surface area contributed by atoms with Gasteiger partial charge in [-0.3, -0.25) is 0 Å². The van der Waals surface area contributed by atoms with Gasteiger partial charge in [0.1, 0.15) is 0 Å². The standard InChI is InChI=1S/C8H16O2/c1-9-6-8(10-2)5-7-3-4-7/h7-8H,3-6H2,1-2H3/t8-/m1/s1. The summed E-state index contributed by atoms with van der Waals surface area (Å²) in [4.78, 5) is 0. The molecule has 1 aliphatic rings. The second-order valence-electron chi connectivity index (χ2n) is 2.99. The highest BCUT2D eigenvalue weighted by molar-refractivity contribution is 4.76. The summed E-state index contributed by atoms with van der Waals surface area (Å²) in [6, 6.07) is 0. The average molecular weight is 144 g/mol. The van der Waals surface area contributed by atoms with Crippen molar-refractivity contribution < 1.29 is 9.47 Å². The molecular weight excluding hydrogens is 128 g/mol. The fourth-order valence-corrected chi connectivity index (χ4v) is 1.14. The fourth-order valence-electron chi connectivity index (χ4n) is 1.14. The van der Waals surface area contributed by atoms with Gasteiger partial charge in [0.25, 0.3) is 0 Å². The second kappa shape index (κ2) is 3.94. The van der Waals surface area contributed by atoms with Gasteiger partial charge in [0.05, 0.1) is 12.7 Å². The normalized spacial score (nSPS) is 21.0. The van der Waals surface area contributed by atoms with E-state index in [-0.39, 0.29) is 0 Å². The summed E-state index contributed by atoms with van der Waals surface area (Å²) in [5, 5.41) is 0. The van der Waals surface area contributed by atoms with Crippen LogP contribution in [0.5, 0.6) is 0 Å². The van der Waals surface area contributed by atoms with E-state index in [4.69, 9.17) is 9.47 Å². The van der Waals surface area contributed by atoms with E-state index in [0.717, 1.165) is 12.5 Å². The Morgan fingerprint density at radius 3 is 2.50 bits per heavy atom. The molecule has 0 radical (unpaired) electrons. The smallest absolute Gasteiger partial charge is 0.0807 e. The van der Waals surface area contributed by atoms with Gasteiger partial charge in [-0.1, -0.05) is 12.8 Å². The largest absolute Gasteiger partial charge is 0.382 e. The van der Waals surface area contributed by atoms with Crippen LogP contribution in [0.4, 0.5) is 0 Å². The van der Waals surface area contributed by atoms with Crippen molar-refractivity contribution in [2.24, 2.45) is 5.92 Å². The van der Waals surface area contributed by atoms with E-state index in [1.807, 2.05) is 0 Å². The van der Waals surface area contributed by atoms with Gasteiger partial charge < -0.3 is 9.47 Å². The molecule has 0 spiro atoms. The van der Waals surface area contributed by atoms with Gasteiger partial charge in [-0.05, 0) is 12.3 Å². The lowest BCUT2D eigenvalue weighted by atomic mass is 10.2. The Balaban J connectivity index is 2.05. The maximum absolute atomic E-state index is 5.22. The van der Waals surface area contributed by atoms with Crippen LogP contribution in [0.15, 0.2) is 0 Å². The van der Waals surface area contributed by atoms with E-state index < -0.39 is 0 Å². The molecule has 1 atom stereocenters. The molecule has 0 N–H and O–H groups in total. The third kappa shape index (κ3) is 2.67. The van der Waals surface area contributed by atoms with Crippen molar-refractivity contribution in [3.8, 4) is 0 Å². The first-order chi connectivity index (χ1) is 4.86. The van der Waals surface area contributed by atoms with Gasteiger partial charge in [0.15, 0.2) is 0 Å². The number of methoxy groups -OCH3 is 2. The molecule has 0 heterocycles. The molecule has 10 heavy (non-hydrogen) atoms. The van der Waals surface area contributed by atoms with Crippen LogP contribution >= 0.6 is 0 Å². The first kappa shape index (κ1) is 8.02. The third-order valence-electron chi connectivity index (χ3n) is 1.98. The van der Waals surface area contributed by atoms with Crippen LogP contribution in [0.1, 0.15) is 19.3 Å². The van der Waals surface area contributed by atoms with Crippen LogP contribution in [-0.4, -0.2) is 26.9 Å². The number of rotatable bonds is 5. The van der Waals surface area contributed by atoms with E-state index in [0.29, 0.717) is 6.10 Å². The summed E-state index contributed by atoms with van der Waals surface area (Å²) in [6.07, 6.45) is 4.30. The van der Waals surface area contributed by atoms with Gasteiger partial charge in [-0.15, -0.1) is 0 Å². The van der Waals surface area contributed by atoms with Crippen molar-refractivity contribution in [1.29, 1.82) is 0 Å². The molecule has 0 saturated heterocycles. The van der Waals surface area contributed by atoms with Gasteiger partial charge >= 0.3 is 0 Å². The van der Waals surface area contributed by atoms with Crippen LogP contribution in [-0.2, 0) is 9.47 Å².